The maximum atomic E-state index is 12.8. The van der Waals surface area contributed by atoms with Crippen molar-refractivity contribution >= 4 is 29.0 Å². The third-order valence-electron chi connectivity index (χ3n) is 4.17. The molecule has 1 aliphatic heterocycles. The van der Waals surface area contributed by atoms with E-state index in [0.717, 1.165) is 16.9 Å². The molecule has 0 fully saturated rings. The van der Waals surface area contributed by atoms with E-state index in [0.29, 0.717) is 43.5 Å². The van der Waals surface area contributed by atoms with E-state index in [-0.39, 0.29) is 6.03 Å². The molecule has 2 heterocycles. The summed E-state index contributed by atoms with van der Waals surface area (Å²) in [5.74, 6) is 0.285. The molecule has 0 spiro atoms. The lowest BCUT2D eigenvalue weighted by Gasteiger charge is -2.20. The Hall–Kier alpha value is -2.84. The van der Waals surface area contributed by atoms with E-state index < -0.39 is 5.97 Å². The number of rotatable bonds is 6. The molecule has 2 aromatic rings. The third kappa shape index (κ3) is 4.71. The minimum absolute atomic E-state index is 0.298. The average Bonchev–Trinajstić information content (AvgIpc) is 3.05. The molecule has 0 atom stereocenters. The van der Waals surface area contributed by atoms with Crippen molar-refractivity contribution in [2.24, 2.45) is 0 Å². The lowest BCUT2D eigenvalue weighted by molar-refractivity contribution is 0.0607. The number of carbonyl (C=O) groups is 2. The third-order valence-corrected chi connectivity index (χ3v) is 5.07. The van der Waals surface area contributed by atoms with E-state index in [1.54, 1.807) is 22.4 Å². The quantitative estimate of drug-likeness (QED) is 0.453. The Bertz CT molecular complexity index is 864. The van der Waals surface area contributed by atoms with Crippen LogP contribution in [0.2, 0.25) is 0 Å². The van der Waals surface area contributed by atoms with Crippen LogP contribution in [0.15, 0.2) is 42.3 Å². The van der Waals surface area contributed by atoms with Gasteiger partial charge in [-0.15, -0.1) is 17.9 Å². The van der Waals surface area contributed by atoms with Crippen LogP contribution in [0.3, 0.4) is 0 Å². The monoisotopic (exact) mass is 402 g/mol. The fraction of sp³-hybridized carbons (Fsp3) is 0.300. The van der Waals surface area contributed by atoms with Gasteiger partial charge in [0.2, 0.25) is 0 Å². The lowest BCUT2D eigenvalue weighted by Crippen LogP contribution is -2.36. The number of hydrogen-bond acceptors (Lipinski definition) is 6. The summed E-state index contributed by atoms with van der Waals surface area (Å²) in [4.78, 5) is 26.6. The number of amides is 2. The fourth-order valence-electron chi connectivity index (χ4n) is 2.82. The standard InChI is InChI=1S/C20H22N2O5S/c1-3-8-26-13-14-4-5-17-15(11-14)12-22(7-9-27-17)20(24)21-16-6-10-28-18(16)19(23)25-2/h3-6,10-11H,1,7-9,12-13H2,2H3,(H,21,24). The zero-order valence-corrected chi connectivity index (χ0v) is 16.4. The second-order valence-electron chi connectivity index (χ2n) is 6.10. The van der Waals surface area contributed by atoms with Crippen molar-refractivity contribution in [3.8, 4) is 5.75 Å². The second-order valence-corrected chi connectivity index (χ2v) is 7.02. The molecule has 8 heteroatoms. The molecule has 0 bridgehead atoms. The fourth-order valence-corrected chi connectivity index (χ4v) is 3.59. The highest BCUT2D eigenvalue weighted by atomic mass is 32.1. The summed E-state index contributed by atoms with van der Waals surface area (Å²) in [6, 6.07) is 7.22. The summed E-state index contributed by atoms with van der Waals surface area (Å²) in [6.45, 7) is 5.79. The van der Waals surface area contributed by atoms with Crippen LogP contribution in [0.5, 0.6) is 5.75 Å². The van der Waals surface area contributed by atoms with Crippen molar-refractivity contribution in [3.63, 3.8) is 0 Å². The predicted molar refractivity (Wildman–Crippen MR) is 107 cm³/mol. The van der Waals surface area contributed by atoms with Crippen LogP contribution < -0.4 is 10.1 Å². The van der Waals surface area contributed by atoms with Crippen LogP contribution in [0.1, 0.15) is 20.8 Å². The van der Waals surface area contributed by atoms with Crippen LogP contribution in [0.4, 0.5) is 10.5 Å². The Morgan fingerprint density at radius 1 is 1.39 bits per heavy atom. The van der Waals surface area contributed by atoms with Gasteiger partial charge < -0.3 is 24.4 Å². The van der Waals surface area contributed by atoms with Crippen LogP contribution in [-0.4, -0.2) is 43.8 Å². The first-order valence-electron chi connectivity index (χ1n) is 8.77. The minimum Gasteiger partial charge on any atom is -0.491 e. The summed E-state index contributed by atoms with van der Waals surface area (Å²) >= 11 is 1.22. The number of carbonyl (C=O) groups excluding carboxylic acids is 2. The van der Waals surface area contributed by atoms with Gasteiger partial charge in [-0.05, 0) is 29.1 Å². The van der Waals surface area contributed by atoms with Gasteiger partial charge in [0, 0.05) is 5.56 Å². The summed E-state index contributed by atoms with van der Waals surface area (Å²) < 4.78 is 16.0. The first-order valence-corrected chi connectivity index (χ1v) is 9.65. The number of ether oxygens (including phenoxy) is 3. The Morgan fingerprint density at radius 3 is 3.04 bits per heavy atom. The number of nitrogens with zero attached hydrogens (tertiary/aromatic N) is 1. The molecule has 0 saturated carbocycles. The Balaban J connectivity index is 1.71. The normalized spacial score (nSPS) is 13.1. The van der Waals surface area contributed by atoms with E-state index in [2.05, 4.69) is 11.9 Å². The van der Waals surface area contributed by atoms with Gasteiger partial charge in [-0.1, -0.05) is 12.1 Å². The topological polar surface area (TPSA) is 77.1 Å². The molecular weight excluding hydrogens is 380 g/mol. The van der Waals surface area contributed by atoms with Gasteiger partial charge >= 0.3 is 12.0 Å². The second kappa shape index (κ2) is 9.38. The molecule has 28 heavy (non-hydrogen) atoms. The van der Waals surface area contributed by atoms with E-state index >= 15 is 0 Å². The van der Waals surface area contributed by atoms with E-state index in [1.807, 2.05) is 18.2 Å². The minimum atomic E-state index is -0.473. The van der Waals surface area contributed by atoms with Gasteiger partial charge in [-0.2, -0.15) is 0 Å². The smallest absolute Gasteiger partial charge is 0.350 e. The number of hydrogen-bond donors (Lipinski definition) is 1. The van der Waals surface area contributed by atoms with Gasteiger partial charge in [0.15, 0.2) is 0 Å². The van der Waals surface area contributed by atoms with E-state index in [4.69, 9.17) is 14.2 Å². The van der Waals surface area contributed by atoms with Crippen LogP contribution in [0.25, 0.3) is 0 Å². The molecule has 0 saturated heterocycles. The number of benzene rings is 1. The van der Waals surface area contributed by atoms with Crippen LogP contribution >= 0.6 is 11.3 Å². The van der Waals surface area contributed by atoms with Crippen molar-refractivity contribution in [1.29, 1.82) is 0 Å². The summed E-state index contributed by atoms with van der Waals surface area (Å²) in [5.41, 5.74) is 2.35. The van der Waals surface area contributed by atoms with Crippen molar-refractivity contribution in [2.45, 2.75) is 13.2 Å². The van der Waals surface area contributed by atoms with Crippen LogP contribution in [-0.2, 0) is 22.6 Å². The van der Waals surface area contributed by atoms with Crippen LogP contribution in [0, 0.1) is 0 Å². The molecule has 0 radical (unpaired) electrons. The Morgan fingerprint density at radius 2 is 2.25 bits per heavy atom. The number of urea groups is 1. The van der Waals surface area contributed by atoms with Gasteiger partial charge in [0.25, 0.3) is 0 Å². The molecule has 2 amide bonds. The highest BCUT2D eigenvalue weighted by molar-refractivity contribution is 7.12. The van der Waals surface area contributed by atoms with E-state index in [9.17, 15) is 9.59 Å². The number of nitrogens with one attached hydrogen (secondary N) is 1. The van der Waals surface area contributed by atoms with Gasteiger partial charge in [-0.25, -0.2) is 9.59 Å². The maximum absolute atomic E-state index is 12.8. The van der Waals surface area contributed by atoms with Gasteiger partial charge in [-0.3, -0.25) is 0 Å². The maximum Gasteiger partial charge on any atom is 0.350 e. The zero-order valence-electron chi connectivity index (χ0n) is 15.6. The Labute approximate surface area is 167 Å². The van der Waals surface area contributed by atoms with Crippen molar-refractivity contribution < 1.29 is 23.8 Å². The molecule has 1 aromatic heterocycles. The van der Waals surface area contributed by atoms with Crippen molar-refractivity contribution in [3.05, 3.63) is 58.3 Å². The molecule has 148 valence electrons. The average molecular weight is 402 g/mol. The highest BCUT2D eigenvalue weighted by Gasteiger charge is 2.22. The largest absolute Gasteiger partial charge is 0.491 e. The predicted octanol–water partition coefficient (Wildman–Crippen LogP) is 3.66. The van der Waals surface area contributed by atoms with E-state index in [1.165, 1.54) is 18.4 Å². The first-order chi connectivity index (χ1) is 13.6. The molecule has 1 aliphatic rings. The number of fused-ring (bicyclic) bond motifs is 1. The van der Waals surface area contributed by atoms with Gasteiger partial charge in [0.1, 0.15) is 17.2 Å². The molecule has 1 N–H and O–H groups in total. The SMILES string of the molecule is C=CCOCc1ccc2c(c1)CN(C(=O)Nc1ccsc1C(=O)OC)CCO2. The highest BCUT2D eigenvalue weighted by Crippen LogP contribution is 2.27. The van der Waals surface area contributed by atoms with Gasteiger partial charge in [0.05, 0.1) is 39.1 Å². The zero-order chi connectivity index (χ0) is 19.9. The summed E-state index contributed by atoms with van der Waals surface area (Å²) in [6.07, 6.45) is 1.70. The summed E-state index contributed by atoms with van der Waals surface area (Å²) in [7, 11) is 1.31. The molecule has 3 rings (SSSR count). The van der Waals surface area contributed by atoms with Crippen molar-refractivity contribution in [1.82, 2.24) is 4.90 Å². The number of thiophene rings is 1. The molecule has 0 aliphatic carbocycles. The lowest BCUT2D eigenvalue weighted by atomic mass is 10.1. The number of anilines is 1. The number of methoxy groups -OCH3 is 1. The van der Waals surface area contributed by atoms with Crippen molar-refractivity contribution in [2.75, 3.05) is 32.2 Å². The molecule has 7 nitrogen and oxygen atoms in total. The summed E-state index contributed by atoms with van der Waals surface area (Å²) in [5, 5.41) is 4.53. The Kier molecular flexibility index (Phi) is 6.67. The number of esters is 1. The molecular formula is C20H22N2O5S. The molecule has 0 unspecified atom stereocenters. The first kappa shape index (κ1) is 19.9. The molecule has 1 aromatic carbocycles.